The lowest BCUT2D eigenvalue weighted by Crippen LogP contribution is -2.39. The molecule has 0 saturated carbocycles. The first-order valence-electron chi connectivity index (χ1n) is 8.73. The highest BCUT2D eigenvalue weighted by molar-refractivity contribution is 5.91. The van der Waals surface area contributed by atoms with Crippen molar-refractivity contribution in [3.63, 3.8) is 0 Å². The molecule has 136 valence electrons. The Bertz CT molecular complexity index is 911. The number of hydrogen-bond acceptors (Lipinski definition) is 4. The second-order valence-corrected chi connectivity index (χ2v) is 6.09. The average molecular weight is 359 g/mol. The fourth-order valence-electron chi connectivity index (χ4n) is 2.84. The SMILES string of the molecule is CC1=CNC(=NC(CCO)c2ccccc2)N/C1=C(/C#N)c1ccccn1. The quantitative estimate of drug-likeness (QED) is 0.714. The van der Waals surface area contributed by atoms with E-state index in [2.05, 4.69) is 21.7 Å². The van der Waals surface area contributed by atoms with Gasteiger partial charge in [-0.05, 0) is 36.6 Å². The monoisotopic (exact) mass is 359 g/mol. The number of aliphatic imine (C=N–C) groups is 1. The molecule has 3 N–H and O–H groups in total. The van der Waals surface area contributed by atoms with Gasteiger partial charge in [-0.25, -0.2) is 4.99 Å². The molecule has 1 unspecified atom stereocenters. The van der Waals surface area contributed by atoms with E-state index in [1.807, 2.05) is 55.6 Å². The van der Waals surface area contributed by atoms with Crippen LogP contribution in [0.25, 0.3) is 5.57 Å². The van der Waals surface area contributed by atoms with Crippen LogP contribution in [0.2, 0.25) is 0 Å². The number of nitrogens with one attached hydrogen (secondary N) is 2. The Balaban J connectivity index is 1.96. The number of aliphatic hydroxyl groups is 1. The smallest absolute Gasteiger partial charge is 0.200 e. The van der Waals surface area contributed by atoms with E-state index >= 15 is 0 Å². The molecule has 2 aromatic rings. The molecule has 0 saturated heterocycles. The number of guanidine groups is 1. The van der Waals surface area contributed by atoms with Crippen molar-refractivity contribution in [3.05, 3.63) is 83.5 Å². The number of rotatable bonds is 5. The molecule has 1 aromatic heterocycles. The van der Waals surface area contributed by atoms with Crippen LogP contribution in [0.5, 0.6) is 0 Å². The number of benzene rings is 1. The summed E-state index contributed by atoms with van der Waals surface area (Å²) in [5, 5.41) is 25.4. The Morgan fingerprint density at radius 1 is 1.22 bits per heavy atom. The summed E-state index contributed by atoms with van der Waals surface area (Å²) in [5.74, 6) is 0.529. The molecule has 0 spiro atoms. The van der Waals surface area contributed by atoms with Gasteiger partial charge in [0.25, 0.3) is 0 Å². The Morgan fingerprint density at radius 2 is 2.00 bits per heavy atom. The minimum absolute atomic E-state index is 0.0330. The summed E-state index contributed by atoms with van der Waals surface area (Å²) < 4.78 is 0. The van der Waals surface area contributed by atoms with E-state index in [0.717, 1.165) is 11.1 Å². The lowest BCUT2D eigenvalue weighted by Gasteiger charge is -2.23. The van der Waals surface area contributed by atoms with Crippen molar-refractivity contribution in [1.29, 1.82) is 5.26 Å². The third-order valence-electron chi connectivity index (χ3n) is 4.22. The standard InChI is InChI=1S/C21H21N5O/c1-15-14-24-21(25-18(10-12-27)16-7-3-2-4-8-16)26-20(15)17(13-22)19-9-5-6-11-23-19/h2-9,11,14,18,27H,10,12H2,1H3,(H2,24,25,26)/b20-17-. The van der Waals surface area contributed by atoms with E-state index in [-0.39, 0.29) is 12.6 Å². The van der Waals surface area contributed by atoms with Crippen LogP contribution in [0, 0.1) is 11.3 Å². The molecule has 0 radical (unpaired) electrons. The van der Waals surface area contributed by atoms with Crippen molar-refractivity contribution in [1.82, 2.24) is 15.6 Å². The molecule has 27 heavy (non-hydrogen) atoms. The summed E-state index contributed by atoms with van der Waals surface area (Å²) in [5.41, 5.74) is 3.63. The predicted molar refractivity (Wildman–Crippen MR) is 105 cm³/mol. The summed E-state index contributed by atoms with van der Waals surface area (Å²) in [6.45, 7) is 1.94. The molecule has 6 heteroatoms. The Hall–Kier alpha value is -3.43. The highest BCUT2D eigenvalue weighted by atomic mass is 16.3. The zero-order valence-corrected chi connectivity index (χ0v) is 15.1. The van der Waals surface area contributed by atoms with Crippen LogP contribution in [-0.2, 0) is 0 Å². The first-order valence-corrected chi connectivity index (χ1v) is 8.73. The zero-order chi connectivity index (χ0) is 19.1. The van der Waals surface area contributed by atoms with Crippen LogP contribution in [-0.4, -0.2) is 22.7 Å². The van der Waals surface area contributed by atoms with E-state index in [4.69, 9.17) is 4.99 Å². The highest BCUT2D eigenvalue weighted by Gasteiger charge is 2.19. The van der Waals surface area contributed by atoms with Gasteiger partial charge >= 0.3 is 0 Å². The number of allylic oxidation sites excluding steroid dienone is 2. The molecule has 1 aliphatic heterocycles. The largest absolute Gasteiger partial charge is 0.396 e. The van der Waals surface area contributed by atoms with Gasteiger partial charge < -0.3 is 15.7 Å². The van der Waals surface area contributed by atoms with Crippen LogP contribution >= 0.6 is 0 Å². The average Bonchev–Trinajstić information content (AvgIpc) is 2.72. The minimum Gasteiger partial charge on any atom is -0.396 e. The van der Waals surface area contributed by atoms with Crippen LogP contribution in [0.1, 0.15) is 30.6 Å². The molecule has 6 nitrogen and oxygen atoms in total. The first-order chi connectivity index (χ1) is 13.2. The third-order valence-corrected chi connectivity index (χ3v) is 4.22. The number of pyridine rings is 1. The van der Waals surface area contributed by atoms with Crippen LogP contribution in [0.4, 0.5) is 0 Å². The maximum absolute atomic E-state index is 9.67. The molecule has 0 bridgehead atoms. The van der Waals surface area contributed by atoms with Crippen LogP contribution in [0.15, 0.2) is 77.2 Å². The second kappa shape index (κ2) is 8.79. The van der Waals surface area contributed by atoms with Gasteiger partial charge in [0.15, 0.2) is 0 Å². The summed E-state index contributed by atoms with van der Waals surface area (Å²) in [6.07, 6.45) is 3.98. The number of aromatic nitrogens is 1. The number of hydrogen-bond donors (Lipinski definition) is 3. The van der Waals surface area contributed by atoms with E-state index < -0.39 is 0 Å². The molecule has 1 atom stereocenters. The summed E-state index contributed by atoms with van der Waals surface area (Å²) in [4.78, 5) is 9.00. The fourth-order valence-corrected chi connectivity index (χ4v) is 2.84. The zero-order valence-electron chi connectivity index (χ0n) is 15.1. The van der Waals surface area contributed by atoms with E-state index in [1.165, 1.54) is 0 Å². The third kappa shape index (κ3) is 4.40. The second-order valence-electron chi connectivity index (χ2n) is 6.09. The first kappa shape index (κ1) is 18.4. The number of aliphatic hydroxyl groups excluding tert-OH is 1. The van der Waals surface area contributed by atoms with Gasteiger partial charge in [-0.15, -0.1) is 0 Å². The van der Waals surface area contributed by atoms with Crippen molar-refractivity contribution in [2.24, 2.45) is 4.99 Å². The van der Waals surface area contributed by atoms with Crippen molar-refractivity contribution in [2.45, 2.75) is 19.4 Å². The topological polar surface area (TPSA) is 93.3 Å². The molecular formula is C21H21N5O. The molecule has 3 rings (SSSR count). The van der Waals surface area contributed by atoms with Crippen LogP contribution < -0.4 is 10.6 Å². The summed E-state index contributed by atoms with van der Waals surface area (Å²) in [6, 6.07) is 17.3. The molecule has 1 aromatic carbocycles. The fraction of sp³-hybridized carbons (Fsp3) is 0.190. The predicted octanol–water partition coefficient (Wildman–Crippen LogP) is 2.89. The van der Waals surface area contributed by atoms with Gasteiger partial charge in [0.2, 0.25) is 5.96 Å². The Kier molecular flexibility index (Phi) is 5.98. The van der Waals surface area contributed by atoms with Gasteiger partial charge in [0.1, 0.15) is 11.6 Å². The van der Waals surface area contributed by atoms with Gasteiger partial charge in [-0.1, -0.05) is 36.4 Å². The van der Waals surface area contributed by atoms with Gasteiger partial charge in [0.05, 0.1) is 17.4 Å². The molecule has 1 aliphatic rings. The maximum atomic E-state index is 9.67. The number of nitrogens with zero attached hydrogens (tertiary/aromatic N) is 3. The summed E-state index contributed by atoms with van der Waals surface area (Å²) in [7, 11) is 0. The Labute approximate surface area is 158 Å². The summed E-state index contributed by atoms with van der Waals surface area (Å²) >= 11 is 0. The van der Waals surface area contributed by atoms with Gasteiger partial charge in [-0.3, -0.25) is 4.98 Å². The normalized spacial score (nSPS) is 18.0. The molecular weight excluding hydrogens is 338 g/mol. The molecule has 0 amide bonds. The molecule has 0 fully saturated rings. The van der Waals surface area contributed by atoms with Crippen molar-refractivity contribution >= 4 is 11.5 Å². The maximum Gasteiger partial charge on any atom is 0.200 e. The lowest BCUT2D eigenvalue weighted by atomic mass is 10.0. The molecule has 0 aliphatic carbocycles. The highest BCUT2D eigenvalue weighted by Crippen LogP contribution is 2.24. The van der Waals surface area contributed by atoms with E-state index in [9.17, 15) is 10.4 Å². The van der Waals surface area contributed by atoms with E-state index in [0.29, 0.717) is 29.3 Å². The lowest BCUT2D eigenvalue weighted by molar-refractivity contribution is 0.277. The Morgan fingerprint density at radius 3 is 2.67 bits per heavy atom. The van der Waals surface area contributed by atoms with Crippen molar-refractivity contribution in [2.75, 3.05) is 6.61 Å². The van der Waals surface area contributed by atoms with Crippen molar-refractivity contribution < 1.29 is 5.11 Å². The molecule has 2 heterocycles. The minimum atomic E-state index is -0.195. The number of nitriles is 1. The van der Waals surface area contributed by atoms with Gasteiger partial charge in [0, 0.05) is 19.0 Å². The van der Waals surface area contributed by atoms with E-state index in [1.54, 1.807) is 12.3 Å². The van der Waals surface area contributed by atoms with Gasteiger partial charge in [-0.2, -0.15) is 5.26 Å². The van der Waals surface area contributed by atoms with Crippen LogP contribution in [0.3, 0.4) is 0 Å². The van der Waals surface area contributed by atoms with Crippen molar-refractivity contribution in [3.8, 4) is 6.07 Å².